The van der Waals surface area contributed by atoms with Crippen molar-refractivity contribution in [2.24, 2.45) is 0 Å². The molecule has 6 atom stereocenters. The number of phosphoric acid groups is 1. The van der Waals surface area contributed by atoms with Crippen molar-refractivity contribution in [1.82, 2.24) is 0 Å². The lowest BCUT2D eigenvalue weighted by Crippen LogP contribution is -2.64. The van der Waals surface area contributed by atoms with Crippen molar-refractivity contribution >= 4 is 19.8 Å². The molecule has 0 aliphatic heterocycles. The number of aliphatic hydroxyl groups excluding tert-OH is 5. The number of phosphoric ester groups is 1. The Morgan fingerprint density at radius 1 is 0.500 bits per heavy atom. The van der Waals surface area contributed by atoms with E-state index in [1.807, 2.05) is 0 Å². The van der Waals surface area contributed by atoms with Crippen LogP contribution in [0.5, 0.6) is 0 Å². The molecular weight excluding hydrogens is 840 g/mol. The Kier molecular flexibility index (Phi) is 37.3. The normalized spacial score (nSPS) is 21.9. The molecule has 1 aliphatic rings. The molecule has 0 radical (unpaired) electrons. The van der Waals surface area contributed by atoms with Crippen molar-refractivity contribution in [3.05, 3.63) is 48.6 Å². The molecule has 0 aromatic carbocycles. The highest BCUT2D eigenvalue weighted by Crippen LogP contribution is 2.47. The smallest absolute Gasteiger partial charge is 0.462 e. The standard InChI is InChI=1S/C50H89O13P/c1-3-5-7-9-11-13-15-17-18-19-20-21-22-23-24-25-26-27-29-31-33-35-37-39-44(52)62-42(40-60-43(51)38-36-34-32-30-28-16-14-12-10-8-6-4-2)41-61-64(58,59)63-50-48(56)46(54)45(53)47(55)49(50)57/h5,7,11,13,17-18,20-21,42,45-50,53-57H,3-4,6,8-10,12,14-16,19,22-41H2,1-2H3,(H,58,59)/b7-5-,13-11-,18-17-,21-20-. The lowest BCUT2D eigenvalue weighted by Gasteiger charge is -2.41. The maximum Gasteiger partial charge on any atom is 0.472 e. The first-order chi connectivity index (χ1) is 30.9. The third kappa shape index (κ3) is 31.7. The minimum absolute atomic E-state index is 0.0917. The Labute approximate surface area is 386 Å². The molecule has 0 spiro atoms. The number of ether oxygens (including phenoxy) is 2. The molecule has 0 amide bonds. The Morgan fingerprint density at radius 3 is 1.36 bits per heavy atom. The zero-order chi connectivity index (χ0) is 47.1. The largest absolute Gasteiger partial charge is 0.472 e. The number of esters is 2. The lowest BCUT2D eigenvalue weighted by molar-refractivity contribution is -0.220. The van der Waals surface area contributed by atoms with E-state index in [0.717, 1.165) is 77.0 Å². The van der Waals surface area contributed by atoms with Gasteiger partial charge in [-0.1, -0.05) is 184 Å². The van der Waals surface area contributed by atoms with Gasteiger partial charge in [-0.2, -0.15) is 0 Å². The van der Waals surface area contributed by atoms with E-state index < -0.39 is 75.7 Å². The average molecular weight is 929 g/mol. The van der Waals surface area contributed by atoms with Crippen LogP contribution < -0.4 is 0 Å². The molecule has 0 saturated heterocycles. The SMILES string of the molecule is CC/C=C\C/C=C\C/C=C\C/C=C\CCCCCCCCCCCCC(=O)OC(COC(=O)CCCCCCCCCCCCCC)COP(=O)(O)OC1C(O)C(O)C(O)C(O)C1O. The van der Waals surface area contributed by atoms with Gasteiger partial charge in [-0.05, 0) is 51.4 Å². The van der Waals surface area contributed by atoms with Crippen LogP contribution in [0.1, 0.15) is 200 Å². The Balaban J connectivity index is 2.38. The second kappa shape index (κ2) is 39.9. The molecule has 372 valence electrons. The number of aliphatic hydroxyl groups is 5. The van der Waals surface area contributed by atoms with Gasteiger partial charge >= 0.3 is 19.8 Å². The molecular formula is C50H89O13P. The minimum Gasteiger partial charge on any atom is -0.462 e. The van der Waals surface area contributed by atoms with Crippen LogP contribution in [0.4, 0.5) is 0 Å². The molecule has 0 aromatic heterocycles. The van der Waals surface area contributed by atoms with Crippen molar-refractivity contribution in [2.45, 2.75) is 243 Å². The number of carbonyl (C=O) groups is 2. The van der Waals surface area contributed by atoms with E-state index in [9.17, 15) is 44.6 Å². The molecule has 6 unspecified atom stereocenters. The van der Waals surface area contributed by atoms with Crippen LogP contribution in [0, 0.1) is 0 Å². The summed E-state index contributed by atoms with van der Waals surface area (Å²) in [5, 5.41) is 50.2. The monoisotopic (exact) mass is 929 g/mol. The summed E-state index contributed by atoms with van der Waals surface area (Å²) in [7, 11) is -5.12. The van der Waals surface area contributed by atoms with Gasteiger partial charge in [0.05, 0.1) is 6.61 Å². The number of unbranched alkanes of at least 4 members (excludes halogenated alkanes) is 21. The lowest BCUT2D eigenvalue weighted by atomic mass is 9.85. The fourth-order valence-electron chi connectivity index (χ4n) is 7.46. The third-order valence-electron chi connectivity index (χ3n) is 11.4. The Hall–Kier alpha value is -2.19. The van der Waals surface area contributed by atoms with Crippen molar-refractivity contribution in [3.8, 4) is 0 Å². The average Bonchev–Trinajstić information content (AvgIpc) is 3.28. The summed E-state index contributed by atoms with van der Waals surface area (Å²) in [5.41, 5.74) is 0. The highest BCUT2D eigenvalue weighted by Gasteiger charge is 2.51. The van der Waals surface area contributed by atoms with Crippen LogP contribution in [0.2, 0.25) is 0 Å². The zero-order valence-electron chi connectivity index (χ0n) is 39.6. The second-order valence-corrected chi connectivity index (χ2v) is 18.7. The molecule has 0 bridgehead atoms. The molecule has 0 heterocycles. The van der Waals surface area contributed by atoms with Crippen molar-refractivity contribution in [3.63, 3.8) is 0 Å². The van der Waals surface area contributed by atoms with Crippen LogP contribution in [0.3, 0.4) is 0 Å². The van der Waals surface area contributed by atoms with Gasteiger partial charge in [0.15, 0.2) is 6.10 Å². The first-order valence-corrected chi connectivity index (χ1v) is 26.4. The van der Waals surface area contributed by atoms with Crippen LogP contribution in [0.25, 0.3) is 0 Å². The number of allylic oxidation sites excluding steroid dienone is 8. The van der Waals surface area contributed by atoms with Gasteiger partial charge in [0.1, 0.15) is 43.2 Å². The van der Waals surface area contributed by atoms with Gasteiger partial charge in [0, 0.05) is 12.8 Å². The minimum atomic E-state index is -5.12. The van der Waals surface area contributed by atoms with Gasteiger partial charge in [-0.15, -0.1) is 0 Å². The van der Waals surface area contributed by atoms with Crippen LogP contribution in [0.15, 0.2) is 48.6 Å². The van der Waals surface area contributed by atoms with Crippen LogP contribution in [-0.4, -0.2) is 98.3 Å². The summed E-state index contributed by atoms with van der Waals surface area (Å²) in [4.78, 5) is 35.8. The Bertz CT molecular complexity index is 1300. The molecule has 1 aliphatic carbocycles. The second-order valence-electron chi connectivity index (χ2n) is 17.3. The highest BCUT2D eigenvalue weighted by atomic mass is 31.2. The van der Waals surface area contributed by atoms with E-state index in [-0.39, 0.29) is 12.8 Å². The number of rotatable bonds is 41. The first kappa shape index (κ1) is 59.8. The first-order valence-electron chi connectivity index (χ1n) is 24.9. The van der Waals surface area contributed by atoms with E-state index in [2.05, 4.69) is 62.5 Å². The third-order valence-corrected chi connectivity index (χ3v) is 12.4. The fourth-order valence-corrected chi connectivity index (χ4v) is 8.43. The maximum atomic E-state index is 12.8. The quantitative estimate of drug-likeness (QED) is 0.0146. The maximum absolute atomic E-state index is 12.8. The zero-order valence-corrected chi connectivity index (χ0v) is 40.5. The Morgan fingerprint density at radius 2 is 0.891 bits per heavy atom. The van der Waals surface area contributed by atoms with E-state index in [1.54, 1.807) is 0 Å². The number of hydrogen-bond acceptors (Lipinski definition) is 12. The van der Waals surface area contributed by atoms with Crippen molar-refractivity contribution in [1.29, 1.82) is 0 Å². The van der Waals surface area contributed by atoms with Crippen LogP contribution in [-0.2, 0) is 32.7 Å². The van der Waals surface area contributed by atoms with Gasteiger partial charge in [-0.3, -0.25) is 18.6 Å². The highest BCUT2D eigenvalue weighted by molar-refractivity contribution is 7.47. The van der Waals surface area contributed by atoms with Gasteiger partial charge in [0.25, 0.3) is 0 Å². The molecule has 1 fully saturated rings. The van der Waals surface area contributed by atoms with Crippen LogP contribution >= 0.6 is 7.82 Å². The molecule has 14 heteroatoms. The topological polar surface area (TPSA) is 210 Å². The predicted molar refractivity (Wildman–Crippen MR) is 253 cm³/mol. The predicted octanol–water partition coefficient (Wildman–Crippen LogP) is 10.3. The van der Waals surface area contributed by atoms with Crippen molar-refractivity contribution in [2.75, 3.05) is 13.2 Å². The molecule has 64 heavy (non-hydrogen) atoms. The summed E-state index contributed by atoms with van der Waals surface area (Å²) >= 11 is 0. The number of hydrogen-bond donors (Lipinski definition) is 6. The molecule has 13 nitrogen and oxygen atoms in total. The summed E-state index contributed by atoms with van der Waals surface area (Å²) < 4.78 is 33.6. The summed E-state index contributed by atoms with van der Waals surface area (Å²) in [6, 6.07) is 0. The molecule has 6 N–H and O–H groups in total. The van der Waals surface area contributed by atoms with Crippen molar-refractivity contribution < 1.29 is 63.1 Å². The fraction of sp³-hybridized carbons (Fsp3) is 0.800. The summed E-state index contributed by atoms with van der Waals surface area (Å²) in [6.07, 6.45) is 34.5. The molecule has 0 aromatic rings. The van der Waals surface area contributed by atoms with E-state index >= 15 is 0 Å². The van der Waals surface area contributed by atoms with Gasteiger partial charge in [-0.25, -0.2) is 4.57 Å². The number of carbonyl (C=O) groups excluding carboxylic acids is 2. The van der Waals surface area contributed by atoms with E-state index in [1.165, 1.54) is 83.5 Å². The molecule has 1 saturated carbocycles. The summed E-state index contributed by atoms with van der Waals surface area (Å²) in [6.45, 7) is 3.19. The molecule has 1 rings (SSSR count). The summed E-state index contributed by atoms with van der Waals surface area (Å²) in [5.74, 6) is -1.10. The van der Waals surface area contributed by atoms with E-state index in [4.69, 9.17) is 18.5 Å². The van der Waals surface area contributed by atoms with Gasteiger partial charge in [0.2, 0.25) is 0 Å². The van der Waals surface area contributed by atoms with Gasteiger partial charge < -0.3 is 39.9 Å². The van der Waals surface area contributed by atoms with E-state index in [0.29, 0.717) is 12.8 Å².